The van der Waals surface area contributed by atoms with Gasteiger partial charge in [0.1, 0.15) is 11.4 Å². The van der Waals surface area contributed by atoms with Crippen LogP contribution in [0.25, 0.3) is 0 Å². The molecule has 146 valence electrons. The van der Waals surface area contributed by atoms with Gasteiger partial charge in [0.2, 0.25) is 10.0 Å². The molecule has 0 bridgehead atoms. The summed E-state index contributed by atoms with van der Waals surface area (Å²) in [5.41, 5.74) is 1.23. The molecule has 1 saturated heterocycles. The van der Waals surface area contributed by atoms with Crippen molar-refractivity contribution in [1.29, 1.82) is 0 Å². The van der Waals surface area contributed by atoms with Gasteiger partial charge in [0.05, 0.1) is 5.75 Å². The van der Waals surface area contributed by atoms with E-state index in [1.54, 1.807) is 0 Å². The molecular weight excluding hydrogens is 442 g/mol. The van der Waals surface area contributed by atoms with Crippen LogP contribution in [0.3, 0.4) is 0 Å². The molecule has 0 aliphatic carbocycles. The number of nitrogens with zero attached hydrogens (tertiary/aromatic N) is 2. The molecule has 2 heterocycles. The Labute approximate surface area is 172 Å². The maximum absolute atomic E-state index is 12.7. The van der Waals surface area contributed by atoms with E-state index in [2.05, 4.69) is 26.2 Å². The van der Waals surface area contributed by atoms with Gasteiger partial charge in [-0.25, -0.2) is 12.7 Å². The van der Waals surface area contributed by atoms with Crippen LogP contribution in [0.1, 0.15) is 24.0 Å². The zero-order valence-electron chi connectivity index (χ0n) is 15.1. The van der Waals surface area contributed by atoms with E-state index in [-0.39, 0.29) is 11.7 Å². The standard InChI is InChI=1S/C20H20BrN3O3S/c21-17-8-6-16(7-9-17)18-19(25)23-20(22-18)10-12-24(13-11-20)28(26,27)14-15-4-2-1-3-5-15/h1-9H,10-14H2,(H,23,25). The van der Waals surface area contributed by atoms with Crippen LogP contribution in [0.5, 0.6) is 0 Å². The Balaban J connectivity index is 1.47. The predicted molar refractivity (Wildman–Crippen MR) is 111 cm³/mol. The molecule has 0 aromatic heterocycles. The second-order valence-electron chi connectivity index (χ2n) is 7.09. The van der Waals surface area contributed by atoms with Gasteiger partial charge in [-0.2, -0.15) is 0 Å². The van der Waals surface area contributed by atoms with Gasteiger partial charge in [0.15, 0.2) is 0 Å². The first-order valence-electron chi connectivity index (χ1n) is 9.07. The number of carbonyl (C=O) groups is 1. The van der Waals surface area contributed by atoms with Gasteiger partial charge in [-0.1, -0.05) is 58.4 Å². The fourth-order valence-corrected chi connectivity index (χ4v) is 5.41. The van der Waals surface area contributed by atoms with E-state index >= 15 is 0 Å². The van der Waals surface area contributed by atoms with Gasteiger partial charge >= 0.3 is 0 Å². The Morgan fingerprint density at radius 1 is 1.04 bits per heavy atom. The van der Waals surface area contributed by atoms with Crippen LogP contribution in [0.4, 0.5) is 0 Å². The number of rotatable bonds is 4. The molecule has 1 fully saturated rings. The SMILES string of the molecule is O=C1NC2(CCN(S(=O)(=O)Cc3ccccc3)CC2)N=C1c1ccc(Br)cc1. The first kappa shape index (κ1) is 19.3. The number of piperidine rings is 1. The van der Waals surface area contributed by atoms with Gasteiger partial charge in [-0.05, 0) is 17.7 Å². The average molecular weight is 462 g/mol. The molecule has 2 aromatic rings. The lowest BCUT2D eigenvalue weighted by molar-refractivity contribution is -0.115. The zero-order chi connectivity index (χ0) is 19.8. The largest absolute Gasteiger partial charge is 0.326 e. The molecular formula is C20H20BrN3O3S. The number of hydrogen-bond acceptors (Lipinski definition) is 4. The van der Waals surface area contributed by atoms with Crippen molar-refractivity contribution in [2.75, 3.05) is 13.1 Å². The van der Waals surface area contributed by atoms with Crippen molar-refractivity contribution in [1.82, 2.24) is 9.62 Å². The molecule has 6 nitrogen and oxygen atoms in total. The van der Waals surface area contributed by atoms with Gasteiger partial charge in [0, 0.05) is 36.0 Å². The van der Waals surface area contributed by atoms with Gasteiger partial charge in [-0.3, -0.25) is 9.79 Å². The predicted octanol–water partition coefficient (Wildman–Crippen LogP) is 2.69. The van der Waals surface area contributed by atoms with Crippen molar-refractivity contribution in [3.8, 4) is 0 Å². The summed E-state index contributed by atoms with van der Waals surface area (Å²) < 4.78 is 27.9. The lowest BCUT2D eigenvalue weighted by atomic mass is 10.00. The lowest BCUT2D eigenvalue weighted by Gasteiger charge is -2.36. The third-order valence-electron chi connectivity index (χ3n) is 5.14. The second-order valence-corrected chi connectivity index (χ2v) is 9.98. The number of benzene rings is 2. The van der Waals surface area contributed by atoms with Crippen LogP contribution >= 0.6 is 15.9 Å². The Morgan fingerprint density at radius 3 is 2.32 bits per heavy atom. The Hall–Kier alpha value is -2.03. The van der Waals surface area contributed by atoms with E-state index in [0.717, 1.165) is 15.6 Å². The van der Waals surface area contributed by atoms with Crippen LogP contribution in [-0.2, 0) is 20.6 Å². The minimum absolute atomic E-state index is 0.0133. The van der Waals surface area contributed by atoms with Gasteiger partial charge < -0.3 is 5.32 Å². The van der Waals surface area contributed by atoms with E-state index in [1.165, 1.54) is 4.31 Å². The molecule has 1 spiro atoms. The van der Waals surface area contributed by atoms with E-state index in [1.807, 2.05) is 54.6 Å². The Kier molecular flexibility index (Phi) is 5.11. The molecule has 0 radical (unpaired) electrons. The summed E-state index contributed by atoms with van der Waals surface area (Å²) in [4.78, 5) is 17.1. The normalized spacial score (nSPS) is 19.5. The summed E-state index contributed by atoms with van der Waals surface area (Å²) in [5.74, 6) is -0.219. The van der Waals surface area contributed by atoms with Crippen LogP contribution in [0.15, 0.2) is 64.1 Å². The van der Waals surface area contributed by atoms with Crippen molar-refractivity contribution in [3.63, 3.8) is 0 Å². The van der Waals surface area contributed by atoms with Crippen molar-refractivity contribution < 1.29 is 13.2 Å². The van der Waals surface area contributed by atoms with Crippen LogP contribution in [-0.4, -0.2) is 43.1 Å². The summed E-state index contributed by atoms with van der Waals surface area (Å²) in [7, 11) is -3.40. The maximum atomic E-state index is 12.7. The molecule has 0 saturated carbocycles. The number of nitrogens with one attached hydrogen (secondary N) is 1. The van der Waals surface area contributed by atoms with Crippen molar-refractivity contribution in [2.24, 2.45) is 4.99 Å². The molecule has 4 rings (SSSR count). The van der Waals surface area contributed by atoms with Gasteiger partial charge in [0.25, 0.3) is 5.91 Å². The summed E-state index contributed by atoms with van der Waals surface area (Å²) in [6.07, 6.45) is 0.930. The number of hydrogen-bond donors (Lipinski definition) is 1. The minimum Gasteiger partial charge on any atom is -0.326 e. The molecule has 1 amide bonds. The van der Waals surface area contributed by atoms with Crippen molar-refractivity contribution in [2.45, 2.75) is 24.3 Å². The minimum atomic E-state index is -3.40. The highest BCUT2D eigenvalue weighted by Gasteiger charge is 2.44. The molecule has 0 unspecified atom stereocenters. The maximum Gasteiger partial charge on any atom is 0.272 e. The number of amides is 1. The fraction of sp³-hybridized carbons (Fsp3) is 0.300. The van der Waals surface area contributed by atoms with Crippen molar-refractivity contribution in [3.05, 3.63) is 70.2 Å². The first-order chi connectivity index (χ1) is 13.4. The number of carbonyl (C=O) groups excluding carboxylic acids is 1. The Bertz CT molecular complexity index is 1010. The number of aliphatic imine (C=N–C) groups is 1. The Morgan fingerprint density at radius 2 is 1.68 bits per heavy atom. The third kappa shape index (κ3) is 3.90. The highest BCUT2D eigenvalue weighted by Crippen LogP contribution is 2.30. The summed E-state index contributed by atoms with van der Waals surface area (Å²) in [6.45, 7) is 0.680. The second kappa shape index (κ2) is 7.42. The zero-order valence-corrected chi connectivity index (χ0v) is 17.5. The molecule has 1 N–H and O–H groups in total. The summed E-state index contributed by atoms with van der Waals surface area (Å²) >= 11 is 3.39. The molecule has 8 heteroatoms. The van der Waals surface area contributed by atoms with Gasteiger partial charge in [-0.15, -0.1) is 0 Å². The molecule has 2 aliphatic heterocycles. The monoisotopic (exact) mass is 461 g/mol. The van der Waals surface area contributed by atoms with E-state index in [4.69, 9.17) is 0 Å². The lowest BCUT2D eigenvalue weighted by Crippen LogP contribution is -2.52. The van der Waals surface area contributed by atoms with E-state index in [9.17, 15) is 13.2 Å². The van der Waals surface area contributed by atoms with E-state index in [0.29, 0.717) is 31.6 Å². The quantitative estimate of drug-likeness (QED) is 0.759. The summed E-state index contributed by atoms with van der Waals surface area (Å²) in [5, 5.41) is 2.98. The third-order valence-corrected chi connectivity index (χ3v) is 7.52. The first-order valence-corrected chi connectivity index (χ1v) is 11.5. The highest BCUT2D eigenvalue weighted by atomic mass is 79.9. The van der Waals surface area contributed by atoms with E-state index < -0.39 is 15.7 Å². The number of sulfonamides is 1. The van der Waals surface area contributed by atoms with Crippen molar-refractivity contribution >= 4 is 37.6 Å². The molecule has 2 aliphatic rings. The van der Waals surface area contributed by atoms with Crippen LogP contribution in [0, 0.1) is 0 Å². The number of halogens is 1. The average Bonchev–Trinajstić information content (AvgIpc) is 2.99. The topological polar surface area (TPSA) is 78.8 Å². The highest BCUT2D eigenvalue weighted by molar-refractivity contribution is 9.10. The fourth-order valence-electron chi connectivity index (χ4n) is 3.61. The summed E-state index contributed by atoms with van der Waals surface area (Å²) in [6, 6.07) is 16.6. The van der Waals surface area contributed by atoms with Crippen LogP contribution < -0.4 is 5.32 Å². The molecule has 0 atom stereocenters. The molecule has 28 heavy (non-hydrogen) atoms. The molecule has 2 aromatic carbocycles. The van der Waals surface area contributed by atoms with Crippen LogP contribution in [0.2, 0.25) is 0 Å². The smallest absolute Gasteiger partial charge is 0.272 e.